The molecular weight excluding hydrogens is 340 g/mol. The normalized spacial score (nSPS) is 18.4. The molecule has 1 saturated heterocycles. The first-order valence-corrected chi connectivity index (χ1v) is 8.96. The Labute approximate surface area is 138 Å². The number of rotatable bonds is 2. The number of amides is 1. The number of carbonyl (C=O) groups excluding carboxylic acids is 1. The Bertz CT molecular complexity index is 936. The molecule has 2 aromatic rings. The molecule has 6 nitrogen and oxygen atoms in total. The summed E-state index contributed by atoms with van der Waals surface area (Å²) in [6.07, 6.45) is 0. The average molecular weight is 353 g/mol. The molecule has 0 unspecified atom stereocenters. The van der Waals surface area contributed by atoms with E-state index in [9.17, 15) is 13.2 Å². The van der Waals surface area contributed by atoms with Crippen LogP contribution in [0.3, 0.4) is 0 Å². The summed E-state index contributed by atoms with van der Waals surface area (Å²) in [6.45, 7) is 1.35. The summed E-state index contributed by atoms with van der Waals surface area (Å²) < 4.78 is 32.6. The fraction of sp³-hybridized carbons (Fsp3) is 0.267. The highest BCUT2D eigenvalue weighted by atomic mass is 35.5. The van der Waals surface area contributed by atoms with Crippen LogP contribution in [0.25, 0.3) is 10.8 Å². The van der Waals surface area contributed by atoms with Gasteiger partial charge in [0.25, 0.3) is 5.91 Å². The lowest BCUT2D eigenvalue weighted by Gasteiger charge is -2.26. The number of hydrogen-bond acceptors (Lipinski definition) is 4. The van der Waals surface area contributed by atoms with E-state index < -0.39 is 10.0 Å². The molecule has 0 bridgehead atoms. The van der Waals surface area contributed by atoms with Gasteiger partial charge in [-0.2, -0.15) is 4.31 Å². The standard InChI is InChI=1S/C15H13ClN2O4S/c16-11-8-12(23(20,21)18-4-6-22-7-5-18)9-2-1-3-10-13(9)14(11)17-15(10)19/h1-3,8H,4-7H2,(H,17,19). The van der Waals surface area contributed by atoms with E-state index in [0.29, 0.717) is 48.3 Å². The van der Waals surface area contributed by atoms with Gasteiger partial charge in [-0.1, -0.05) is 23.7 Å². The third-order valence-electron chi connectivity index (χ3n) is 4.15. The molecule has 0 spiro atoms. The summed E-state index contributed by atoms with van der Waals surface area (Å²) >= 11 is 6.23. The van der Waals surface area contributed by atoms with Crippen LogP contribution >= 0.6 is 11.6 Å². The Morgan fingerprint density at radius 3 is 2.70 bits per heavy atom. The van der Waals surface area contributed by atoms with Gasteiger partial charge >= 0.3 is 0 Å². The van der Waals surface area contributed by atoms with Crippen molar-refractivity contribution >= 4 is 44.0 Å². The summed E-state index contributed by atoms with van der Waals surface area (Å²) in [4.78, 5) is 12.1. The monoisotopic (exact) mass is 352 g/mol. The lowest BCUT2D eigenvalue weighted by Crippen LogP contribution is -2.40. The highest BCUT2D eigenvalue weighted by molar-refractivity contribution is 7.89. The number of carbonyl (C=O) groups is 1. The van der Waals surface area contributed by atoms with Crippen molar-refractivity contribution in [2.24, 2.45) is 0 Å². The molecule has 8 heteroatoms. The van der Waals surface area contributed by atoms with Crippen LogP contribution < -0.4 is 5.32 Å². The maximum absolute atomic E-state index is 13.0. The summed E-state index contributed by atoms with van der Waals surface area (Å²) in [5.41, 5.74) is 0.918. The second-order valence-electron chi connectivity index (χ2n) is 5.43. The van der Waals surface area contributed by atoms with Crippen molar-refractivity contribution < 1.29 is 17.9 Å². The summed E-state index contributed by atoms with van der Waals surface area (Å²) in [6, 6.07) is 6.46. The Balaban J connectivity index is 1.99. The van der Waals surface area contributed by atoms with Gasteiger partial charge in [-0.05, 0) is 12.1 Å². The highest BCUT2D eigenvalue weighted by Gasteiger charge is 2.32. The van der Waals surface area contributed by atoms with Gasteiger partial charge in [-0.25, -0.2) is 8.42 Å². The number of halogens is 1. The number of nitrogens with zero attached hydrogens (tertiary/aromatic N) is 1. The molecule has 4 rings (SSSR count). The molecule has 1 amide bonds. The van der Waals surface area contributed by atoms with Crippen molar-refractivity contribution in [1.82, 2.24) is 4.31 Å². The van der Waals surface area contributed by atoms with Gasteiger partial charge in [0.2, 0.25) is 10.0 Å². The SMILES string of the molecule is O=C1Nc2c(Cl)cc(S(=O)(=O)N3CCOCC3)c3cccc1c23. The highest BCUT2D eigenvalue weighted by Crippen LogP contribution is 2.42. The molecule has 120 valence electrons. The quantitative estimate of drug-likeness (QED) is 0.897. The number of sulfonamides is 1. The van der Waals surface area contributed by atoms with Gasteiger partial charge in [0, 0.05) is 29.4 Å². The van der Waals surface area contributed by atoms with E-state index in [-0.39, 0.29) is 15.8 Å². The molecule has 0 aliphatic carbocycles. The lowest BCUT2D eigenvalue weighted by molar-refractivity contribution is 0.0730. The Morgan fingerprint density at radius 1 is 1.22 bits per heavy atom. The number of nitrogens with one attached hydrogen (secondary N) is 1. The number of ether oxygens (including phenoxy) is 1. The molecule has 0 atom stereocenters. The molecule has 2 aliphatic rings. The van der Waals surface area contributed by atoms with E-state index in [2.05, 4.69) is 5.32 Å². The van der Waals surface area contributed by atoms with Crippen molar-refractivity contribution in [1.29, 1.82) is 0 Å². The largest absolute Gasteiger partial charge is 0.379 e. The summed E-state index contributed by atoms with van der Waals surface area (Å²) in [7, 11) is -3.70. The van der Waals surface area contributed by atoms with E-state index in [1.165, 1.54) is 10.4 Å². The van der Waals surface area contributed by atoms with Crippen molar-refractivity contribution in [3.05, 3.63) is 34.9 Å². The smallest absolute Gasteiger partial charge is 0.256 e. The van der Waals surface area contributed by atoms with Crippen molar-refractivity contribution in [2.75, 3.05) is 31.6 Å². The molecule has 23 heavy (non-hydrogen) atoms. The summed E-state index contributed by atoms with van der Waals surface area (Å²) in [5.74, 6) is -0.270. The zero-order valence-corrected chi connectivity index (χ0v) is 13.6. The minimum atomic E-state index is -3.70. The maximum atomic E-state index is 13.0. The topological polar surface area (TPSA) is 75.7 Å². The van der Waals surface area contributed by atoms with Crippen molar-refractivity contribution in [2.45, 2.75) is 4.90 Å². The maximum Gasteiger partial charge on any atom is 0.256 e. The minimum Gasteiger partial charge on any atom is -0.379 e. The third kappa shape index (κ3) is 2.15. The van der Waals surface area contributed by atoms with Crippen LogP contribution in [0.2, 0.25) is 5.02 Å². The predicted molar refractivity (Wildman–Crippen MR) is 86.5 cm³/mol. The minimum absolute atomic E-state index is 0.126. The van der Waals surface area contributed by atoms with Crippen LogP contribution in [0.4, 0.5) is 5.69 Å². The van der Waals surface area contributed by atoms with Crippen LogP contribution in [0.5, 0.6) is 0 Å². The molecule has 0 saturated carbocycles. The van der Waals surface area contributed by atoms with Crippen molar-refractivity contribution in [3.8, 4) is 0 Å². The predicted octanol–water partition coefficient (Wildman–Crippen LogP) is 2.08. The first kappa shape index (κ1) is 14.9. The molecule has 2 aliphatic heterocycles. The Morgan fingerprint density at radius 2 is 1.96 bits per heavy atom. The fourth-order valence-corrected chi connectivity index (χ4v) is 4.98. The zero-order valence-electron chi connectivity index (χ0n) is 12.0. The van der Waals surface area contributed by atoms with E-state index in [4.69, 9.17) is 16.3 Å². The van der Waals surface area contributed by atoms with Crippen LogP contribution in [0.15, 0.2) is 29.2 Å². The van der Waals surface area contributed by atoms with E-state index in [1.54, 1.807) is 18.2 Å². The number of hydrogen-bond donors (Lipinski definition) is 1. The second-order valence-corrected chi connectivity index (χ2v) is 7.74. The molecule has 1 N–H and O–H groups in total. The number of anilines is 1. The first-order chi connectivity index (χ1) is 11.0. The average Bonchev–Trinajstić information content (AvgIpc) is 2.90. The van der Waals surface area contributed by atoms with Gasteiger partial charge in [-0.15, -0.1) is 0 Å². The van der Waals surface area contributed by atoms with E-state index >= 15 is 0 Å². The molecule has 0 aromatic heterocycles. The van der Waals surface area contributed by atoms with Gasteiger partial charge in [0.15, 0.2) is 0 Å². The third-order valence-corrected chi connectivity index (χ3v) is 6.38. The molecule has 0 radical (unpaired) electrons. The van der Waals surface area contributed by atoms with Gasteiger partial charge in [0.05, 0.1) is 28.8 Å². The number of benzene rings is 2. The van der Waals surface area contributed by atoms with Crippen LogP contribution in [0.1, 0.15) is 10.4 Å². The zero-order chi connectivity index (χ0) is 16.2. The molecule has 2 aromatic carbocycles. The molecule has 2 heterocycles. The molecule has 1 fully saturated rings. The fourth-order valence-electron chi connectivity index (χ4n) is 3.04. The number of morpholine rings is 1. The van der Waals surface area contributed by atoms with Crippen LogP contribution in [-0.2, 0) is 14.8 Å². The van der Waals surface area contributed by atoms with Crippen LogP contribution in [-0.4, -0.2) is 44.9 Å². The molecular formula is C15H13ClN2O4S. The van der Waals surface area contributed by atoms with Crippen LogP contribution in [0, 0.1) is 0 Å². The second kappa shape index (κ2) is 5.17. The van der Waals surface area contributed by atoms with E-state index in [0.717, 1.165) is 0 Å². The van der Waals surface area contributed by atoms with Crippen molar-refractivity contribution in [3.63, 3.8) is 0 Å². The van der Waals surface area contributed by atoms with Gasteiger partial charge in [-0.3, -0.25) is 4.79 Å². The Hall–Kier alpha value is -1.67. The first-order valence-electron chi connectivity index (χ1n) is 7.14. The summed E-state index contributed by atoms with van der Waals surface area (Å²) in [5, 5.41) is 4.00. The lowest BCUT2D eigenvalue weighted by atomic mass is 10.1. The Kier molecular flexibility index (Phi) is 3.35. The van der Waals surface area contributed by atoms with Gasteiger partial charge < -0.3 is 10.1 Å². The van der Waals surface area contributed by atoms with Gasteiger partial charge in [0.1, 0.15) is 0 Å². The van der Waals surface area contributed by atoms with E-state index in [1.807, 2.05) is 0 Å².